The lowest BCUT2D eigenvalue weighted by Gasteiger charge is -2.18. The van der Waals surface area contributed by atoms with Crippen molar-refractivity contribution in [3.8, 4) is 0 Å². The van der Waals surface area contributed by atoms with Crippen molar-refractivity contribution in [3.63, 3.8) is 0 Å². The van der Waals surface area contributed by atoms with Crippen molar-refractivity contribution in [3.05, 3.63) is 122 Å². The summed E-state index contributed by atoms with van der Waals surface area (Å²) in [6, 6.07) is 0. The Morgan fingerprint density at radius 1 is 0.296 bits per heavy atom. The van der Waals surface area contributed by atoms with E-state index in [9.17, 15) is 14.4 Å². The van der Waals surface area contributed by atoms with E-state index in [0.717, 1.165) is 135 Å². The molecule has 0 aliphatic rings. The first-order valence-corrected chi connectivity index (χ1v) is 29.0. The monoisotopic (exact) mass is 983 g/mol. The summed E-state index contributed by atoms with van der Waals surface area (Å²) in [5.74, 6) is -0.941. The Bertz CT molecular complexity index is 1500. The topological polar surface area (TPSA) is 78.9 Å². The molecule has 0 aliphatic carbocycles. The number of rotatable bonds is 51. The minimum Gasteiger partial charge on any atom is -0.462 e. The quantitative estimate of drug-likeness (QED) is 0.0261. The summed E-state index contributed by atoms with van der Waals surface area (Å²) in [6.07, 6.45) is 80.6. The first-order valence-electron chi connectivity index (χ1n) is 29.0. The van der Waals surface area contributed by atoms with Crippen LogP contribution in [0.15, 0.2) is 122 Å². The number of esters is 3. The van der Waals surface area contributed by atoms with Crippen molar-refractivity contribution in [1.29, 1.82) is 0 Å². The highest BCUT2D eigenvalue weighted by atomic mass is 16.6. The Labute approximate surface area is 437 Å². The average Bonchev–Trinajstić information content (AvgIpc) is 3.37. The van der Waals surface area contributed by atoms with Crippen LogP contribution < -0.4 is 0 Å². The predicted molar refractivity (Wildman–Crippen MR) is 306 cm³/mol. The van der Waals surface area contributed by atoms with Gasteiger partial charge in [0, 0.05) is 19.3 Å². The van der Waals surface area contributed by atoms with Crippen molar-refractivity contribution in [2.45, 2.75) is 258 Å². The van der Waals surface area contributed by atoms with Gasteiger partial charge in [0.2, 0.25) is 0 Å². The molecule has 0 aliphatic heterocycles. The van der Waals surface area contributed by atoms with Crippen LogP contribution in [0, 0.1) is 0 Å². The molecule has 0 amide bonds. The van der Waals surface area contributed by atoms with Gasteiger partial charge >= 0.3 is 17.9 Å². The molecule has 0 N–H and O–H groups in total. The molecule has 0 saturated carbocycles. The van der Waals surface area contributed by atoms with Gasteiger partial charge in [-0.15, -0.1) is 0 Å². The Hall–Kier alpha value is -4.19. The highest BCUT2D eigenvalue weighted by molar-refractivity contribution is 5.71. The van der Waals surface area contributed by atoms with Crippen LogP contribution in [-0.4, -0.2) is 37.2 Å². The zero-order valence-electron chi connectivity index (χ0n) is 45.9. The highest BCUT2D eigenvalue weighted by Gasteiger charge is 2.19. The fourth-order valence-corrected chi connectivity index (χ4v) is 7.59. The minimum absolute atomic E-state index is 0.0923. The van der Waals surface area contributed by atoms with Crippen LogP contribution >= 0.6 is 0 Å². The number of hydrogen-bond donors (Lipinski definition) is 0. The molecule has 6 nitrogen and oxygen atoms in total. The molecule has 0 aromatic carbocycles. The number of hydrogen-bond acceptors (Lipinski definition) is 6. The fourth-order valence-electron chi connectivity index (χ4n) is 7.59. The molecular formula is C65H106O6. The lowest BCUT2D eigenvalue weighted by atomic mass is 10.1. The Morgan fingerprint density at radius 2 is 0.563 bits per heavy atom. The fraction of sp³-hybridized carbons (Fsp3) is 0.646. The van der Waals surface area contributed by atoms with Gasteiger partial charge in [0.05, 0.1) is 0 Å². The zero-order valence-corrected chi connectivity index (χ0v) is 45.9. The maximum Gasteiger partial charge on any atom is 0.306 e. The van der Waals surface area contributed by atoms with Gasteiger partial charge in [0.25, 0.3) is 0 Å². The van der Waals surface area contributed by atoms with Crippen molar-refractivity contribution in [2.24, 2.45) is 0 Å². The van der Waals surface area contributed by atoms with Crippen molar-refractivity contribution >= 4 is 17.9 Å². The van der Waals surface area contributed by atoms with E-state index in [4.69, 9.17) is 14.2 Å². The summed E-state index contributed by atoms with van der Waals surface area (Å²) >= 11 is 0. The van der Waals surface area contributed by atoms with Gasteiger partial charge in [-0.1, -0.05) is 245 Å². The Morgan fingerprint density at radius 3 is 0.930 bits per heavy atom. The lowest BCUT2D eigenvalue weighted by molar-refractivity contribution is -0.167. The smallest absolute Gasteiger partial charge is 0.306 e. The molecule has 1 unspecified atom stereocenters. The number of allylic oxidation sites excluding steroid dienone is 20. The van der Waals surface area contributed by atoms with Gasteiger partial charge in [0.15, 0.2) is 6.10 Å². The van der Waals surface area contributed by atoms with Gasteiger partial charge in [-0.05, 0) is 109 Å². The third kappa shape index (κ3) is 56.6. The largest absolute Gasteiger partial charge is 0.462 e. The van der Waals surface area contributed by atoms with Crippen LogP contribution in [0.4, 0.5) is 0 Å². The lowest BCUT2D eigenvalue weighted by Crippen LogP contribution is -2.30. The second-order valence-electron chi connectivity index (χ2n) is 18.8. The second-order valence-corrected chi connectivity index (χ2v) is 18.8. The molecule has 1 atom stereocenters. The molecule has 402 valence electrons. The number of carbonyl (C=O) groups is 3. The molecule has 0 spiro atoms. The normalized spacial score (nSPS) is 13.0. The summed E-state index contributed by atoms with van der Waals surface area (Å²) in [5.41, 5.74) is 0. The van der Waals surface area contributed by atoms with Crippen molar-refractivity contribution < 1.29 is 28.6 Å². The summed E-state index contributed by atoms with van der Waals surface area (Å²) in [7, 11) is 0. The molecule has 0 aromatic heterocycles. The molecule has 0 heterocycles. The molecule has 0 aromatic rings. The first kappa shape index (κ1) is 66.8. The van der Waals surface area contributed by atoms with Gasteiger partial charge < -0.3 is 14.2 Å². The standard InChI is InChI=1S/C65H106O6/c1-4-7-10-13-16-19-22-23-24-25-26-27-28-29-30-31-32-33-34-35-36-37-38-39-40-41-44-46-49-52-55-58-64(67)70-61-62(71-65(68)59-56-53-50-47-43-21-18-15-12-9-6-3)60-69-63(66)57-54-51-48-45-42-20-17-14-11-8-5-2/h7,10,15-16,18-19,23-24,26-27,29-30,32-33,35-36,38-39,41,44,62H,4-6,8-9,11-14,17,20-22,25,28,31,34,37,40,42-43,45-61H2,1-3H3/b10-7-,18-15-,19-16-,24-23-,27-26-,30-29-,33-32-,36-35-,39-38-,44-41-. The van der Waals surface area contributed by atoms with Gasteiger partial charge in [0.1, 0.15) is 13.2 Å². The molecule has 0 bridgehead atoms. The van der Waals surface area contributed by atoms with E-state index in [1.54, 1.807) is 0 Å². The van der Waals surface area contributed by atoms with Crippen molar-refractivity contribution in [2.75, 3.05) is 13.2 Å². The van der Waals surface area contributed by atoms with E-state index < -0.39 is 6.10 Å². The van der Waals surface area contributed by atoms with Crippen LogP contribution in [0.3, 0.4) is 0 Å². The molecular weight excluding hydrogens is 877 g/mol. The second kappa shape index (κ2) is 58.4. The number of unbranched alkanes of at least 4 members (excludes halogenated alkanes) is 20. The van der Waals surface area contributed by atoms with E-state index in [0.29, 0.717) is 19.3 Å². The minimum atomic E-state index is -0.796. The van der Waals surface area contributed by atoms with Crippen molar-refractivity contribution in [1.82, 2.24) is 0 Å². The summed E-state index contributed by atoms with van der Waals surface area (Å²) in [5, 5.41) is 0. The Balaban J connectivity index is 4.29. The summed E-state index contributed by atoms with van der Waals surface area (Å²) in [6.45, 7) is 6.43. The van der Waals surface area contributed by atoms with Crippen LogP contribution in [0.2, 0.25) is 0 Å². The number of ether oxygens (including phenoxy) is 3. The first-order chi connectivity index (χ1) is 35.0. The molecule has 0 radical (unpaired) electrons. The third-order valence-electron chi connectivity index (χ3n) is 12.0. The summed E-state index contributed by atoms with van der Waals surface area (Å²) < 4.78 is 16.8. The van der Waals surface area contributed by atoms with E-state index in [1.165, 1.54) is 77.0 Å². The van der Waals surface area contributed by atoms with Gasteiger partial charge in [-0.2, -0.15) is 0 Å². The van der Waals surface area contributed by atoms with Crippen LogP contribution in [-0.2, 0) is 28.6 Å². The SMILES string of the molecule is CC/C=C\C/C=C\C/C=C\C/C=C\C/C=C\C/C=C\C/C=C\C/C=C\C/C=C\CCCCCC(=O)OCC(COC(=O)CCCCCCCCCCCCC)OC(=O)CCCCCCC/C=C\CCCC. The molecule has 0 rings (SSSR count). The highest BCUT2D eigenvalue weighted by Crippen LogP contribution is 2.14. The summed E-state index contributed by atoms with van der Waals surface area (Å²) in [4.78, 5) is 38.0. The molecule has 71 heavy (non-hydrogen) atoms. The van der Waals surface area contributed by atoms with E-state index in [-0.39, 0.29) is 31.1 Å². The van der Waals surface area contributed by atoms with Crippen LogP contribution in [0.25, 0.3) is 0 Å². The van der Waals surface area contributed by atoms with E-state index >= 15 is 0 Å². The molecule has 0 saturated heterocycles. The maximum absolute atomic E-state index is 12.8. The third-order valence-corrected chi connectivity index (χ3v) is 12.0. The van der Waals surface area contributed by atoms with Gasteiger partial charge in [-0.3, -0.25) is 14.4 Å². The molecule has 0 fully saturated rings. The zero-order chi connectivity index (χ0) is 51.4. The number of carbonyl (C=O) groups excluding carboxylic acids is 3. The van der Waals surface area contributed by atoms with E-state index in [1.807, 2.05) is 0 Å². The van der Waals surface area contributed by atoms with E-state index in [2.05, 4.69) is 142 Å². The predicted octanol–water partition coefficient (Wildman–Crippen LogP) is 19.6. The Kier molecular flexibility index (Phi) is 54.9. The average molecular weight is 984 g/mol. The van der Waals surface area contributed by atoms with Gasteiger partial charge in [-0.25, -0.2) is 0 Å². The van der Waals surface area contributed by atoms with Crippen LogP contribution in [0.5, 0.6) is 0 Å². The van der Waals surface area contributed by atoms with Crippen LogP contribution in [0.1, 0.15) is 252 Å². The maximum atomic E-state index is 12.8. The molecule has 6 heteroatoms.